The number of ether oxygens (including phenoxy) is 1. The van der Waals surface area contributed by atoms with E-state index in [2.05, 4.69) is 14.0 Å². The number of hydrogen-bond donors (Lipinski definition) is 4. The molecule has 1 saturated heterocycles. The minimum Gasteiger partial charge on any atom is -0.394 e. The van der Waals surface area contributed by atoms with Crippen LogP contribution in [0.2, 0.25) is 0 Å². The number of nitrogens with two attached hydrogens (primary N) is 1. The van der Waals surface area contributed by atoms with Gasteiger partial charge in [-0.05, 0) is 5.16 Å². The average molecular weight is 321 g/mol. The van der Waals surface area contributed by atoms with E-state index >= 15 is 0 Å². The van der Waals surface area contributed by atoms with Crippen molar-refractivity contribution in [1.82, 2.24) is 5.06 Å². The quantitative estimate of drug-likeness (QED) is 0.394. The van der Waals surface area contributed by atoms with Crippen molar-refractivity contribution >= 4 is 27.6 Å². The molecule has 0 radical (unpaired) electrons. The molecule has 4 atom stereocenters. The molecule has 0 amide bonds. The number of rotatable bonds is 2. The molecule has 3 heterocycles. The Morgan fingerprint density at radius 2 is 2.00 bits per heavy atom. The summed E-state index contributed by atoms with van der Waals surface area (Å²) in [5, 5.41) is 32.8. The lowest BCUT2D eigenvalue weighted by Crippen LogP contribution is -2.48. The molecule has 5 N–H and O–H groups in total. The molecule has 1 fully saturated rings. The number of aliphatic hydroxyl groups excluding tert-OH is 3. The minimum absolute atomic E-state index is 0.137. The summed E-state index contributed by atoms with van der Waals surface area (Å²) in [5.41, 5.74) is 5.30. The van der Waals surface area contributed by atoms with Gasteiger partial charge in [-0.15, -0.1) is 13.9 Å². The maximum Gasteiger partial charge on any atom is 0.367 e. The molecule has 0 aromatic carbocycles. The largest absolute Gasteiger partial charge is 0.394 e. The number of oxime groups is 1. The lowest BCUT2D eigenvalue weighted by molar-refractivity contribution is -0.212. The first-order chi connectivity index (χ1) is 9.84. The number of hydroxylamine groups is 2. The van der Waals surface area contributed by atoms with Gasteiger partial charge in [0.25, 0.3) is 0 Å². The monoisotopic (exact) mass is 321 g/mol. The van der Waals surface area contributed by atoms with E-state index < -0.39 is 47.2 Å². The van der Waals surface area contributed by atoms with Crippen LogP contribution in [-0.2, 0) is 19.9 Å². The Balaban J connectivity index is 1.92. The molecule has 116 valence electrons. The highest BCUT2D eigenvalue weighted by Gasteiger charge is 2.51. The molecule has 0 aromatic rings. The van der Waals surface area contributed by atoms with Crippen molar-refractivity contribution in [1.29, 1.82) is 0 Å². The molecule has 13 heteroatoms. The Kier molecular flexibility index (Phi) is 3.10. The highest BCUT2D eigenvalue weighted by Crippen LogP contribution is 2.28. The predicted molar refractivity (Wildman–Crippen MR) is 66.1 cm³/mol. The van der Waals surface area contributed by atoms with E-state index in [0.29, 0.717) is 0 Å². The normalized spacial score (nSPS) is 37.5. The van der Waals surface area contributed by atoms with Crippen LogP contribution >= 0.6 is 0 Å². The van der Waals surface area contributed by atoms with Crippen molar-refractivity contribution in [2.45, 2.75) is 24.5 Å². The van der Waals surface area contributed by atoms with Crippen molar-refractivity contribution < 1.29 is 33.4 Å². The van der Waals surface area contributed by atoms with E-state index in [4.69, 9.17) is 20.5 Å². The molecule has 3 aliphatic heterocycles. The molecule has 12 nitrogen and oxygen atoms in total. The molecular formula is C8H11N5O7S. The SMILES string of the molecule is NC1=NS(=O)(=O)N=C2C1=NON2[C@@H]1O[C@H](CO)[C@@H](O)[C@H]1O. The maximum absolute atomic E-state index is 11.4. The third kappa shape index (κ3) is 2.14. The first kappa shape index (κ1) is 14.2. The Hall–Kier alpha value is -1.80. The van der Waals surface area contributed by atoms with Crippen LogP contribution in [0.4, 0.5) is 0 Å². The number of hydrogen-bond acceptors (Lipinski definition) is 10. The Morgan fingerprint density at radius 3 is 2.62 bits per heavy atom. The van der Waals surface area contributed by atoms with Crippen LogP contribution in [0.1, 0.15) is 0 Å². The van der Waals surface area contributed by atoms with Crippen LogP contribution in [0.5, 0.6) is 0 Å². The Bertz CT molecular complexity index is 658. The third-order valence-electron chi connectivity index (χ3n) is 3.05. The zero-order chi connectivity index (χ0) is 15.4. The maximum atomic E-state index is 11.4. The van der Waals surface area contributed by atoms with Gasteiger partial charge in [0, 0.05) is 0 Å². The van der Waals surface area contributed by atoms with Crippen LogP contribution < -0.4 is 5.73 Å². The van der Waals surface area contributed by atoms with Gasteiger partial charge in [0.05, 0.1) is 6.61 Å². The van der Waals surface area contributed by atoms with Gasteiger partial charge in [-0.25, -0.2) is 0 Å². The van der Waals surface area contributed by atoms with Gasteiger partial charge in [0.15, 0.2) is 17.8 Å². The summed E-state index contributed by atoms with van der Waals surface area (Å²) in [6.45, 7) is -0.551. The predicted octanol–water partition coefficient (Wildman–Crippen LogP) is -3.96. The van der Waals surface area contributed by atoms with Crippen LogP contribution in [-0.4, -0.2) is 77.3 Å². The molecule has 21 heavy (non-hydrogen) atoms. The summed E-state index contributed by atoms with van der Waals surface area (Å²) in [7, 11) is -4.20. The summed E-state index contributed by atoms with van der Waals surface area (Å²) >= 11 is 0. The van der Waals surface area contributed by atoms with E-state index in [9.17, 15) is 18.6 Å². The first-order valence-electron chi connectivity index (χ1n) is 5.72. The summed E-state index contributed by atoms with van der Waals surface area (Å²) < 4.78 is 34.5. The fourth-order valence-corrected chi connectivity index (χ4v) is 2.81. The highest BCUT2D eigenvalue weighted by molar-refractivity contribution is 7.89. The fraction of sp³-hybridized carbons (Fsp3) is 0.625. The third-order valence-corrected chi connectivity index (χ3v) is 3.88. The summed E-state index contributed by atoms with van der Waals surface area (Å²) in [6.07, 6.45) is -5.26. The summed E-state index contributed by atoms with van der Waals surface area (Å²) in [6, 6.07) is 0. The molecule has 0 bridgehead atoms. The molecule has 0 saturated carbocycles. The molecule has 3 aliphatic rings. The summed E-state index contributed by atoms with van der Waals surface area (Å²) in [4.78, 5) is 4.85. The Labute approximate surface area is 117 Å². The van der Waals surface area contributed by atoms with E-state index in [1.165, 1.54) is 0 Å². The topological polar surface area (TPSA) is 180 Å². The van der Waals surface area contributed by atoms with Gasteiger partial charge in [-0.3, -0.25) is 4.94 Å². The first-order valence-corrected chi connectivity index (χ1v) is 7.11. The van der Waals surface area contributed by atoms with Crippen LogP contribution in [0, 0.1) is 0 Å². The summed E-state index contributed by atoms with van der Waals surface area (Å²) in [5.74, 6) is -0.744. The molecular weight excluding hydrogens is 310 g/mol. The second-order valence-corrected chi connectivity index (χ2v) is 5.68. The number of aliphatic hydroxyl groups is 3. The average Bonchev–Trinajstić information content (AvgIpc) is 2.92. The van der Waals surface area contributed by atoms with E-state index in [1.807, 2.05) is 0 Å². The van der Waals surface area contributed by atoms with Crippen molar-refractivity contribution in [3.8, 4) is 0 Å². The second kappa shape index (κ2) is 4.60. The van der Waals surface area contributed by atoms with Crippen molar-refractivity contribution in [3.05, 3.63) is 0 Å². The van der Waals surface area contributed by atoms with Crippen LogP contribution in [0.15, 0.2) is 14.0 Å². The smallest absolute Gasteiger partial charge is 0.367 e. The van der Waals surface area contributed by atoms with Gasteiger partial charge >= 0.3 is 10.2 Å². The van der Waals surface area contributed by atoms with Crippen LogP contribution in [0.25, 0.3) is 0 Å². The highest BCUT2D eigenvalue weighted by atomic mass is 32.2. The molecule has 0 unspecified atom stereocenters. The fourth-order valence-electron chi connectivity index (χ4n) is 2.05. The molecule has 3 rings (SSSR count). The van der Waals surface area contributed by atoms with Gasteiger partial charge in [0.2, 0.25) is 5.84 Å². The molecule has 0 aliphatic carbocycles. The zero-order valence-corrected chi connectivity index (χ0v) is 11.1. The van der Waals surface area contributed by atoms with Gasteiger partial charge in [-0.1, -0.05) is 0 Å². The van der Waals surface area contributed by atoms with Crippen molar-refractivity contribution in [2.75, 3.05) is 6.61 Å². The second-order valence-electron chi connectivity index (χ2n) is 4.42. The van der Waals surface area contributed by atoms with E-state index in [0.717, 1.165) is 5.06 Å². The minimum atomic E-state index is -4.20. The van der Waals surface area contributed by atoms with Gasteiger partial charge in [-0.2, -0.15) is 8.42 Å². The van der Waals surface area contributed by atoms with Crippen LogP contribution in [0.3, 0.4) is 0 Å². The van der Waals surface area contributed by atoms with E-state index in [1.54, 1.807) is 0 Å². The Morgan fingerprint density at radius 1 is 1.29 bits per heavy atom. The lowest BCUT2D eigenvalue weighted by Gasteiger charge is -2.24. The zero-order valence-electron chi connectivity index (χ0n) is 10.3. The standard InChI is InChI=1S/C8H11N5O7S/c9-6-3-7(12-21(17,18)11-6)13(20-10-3)8-5(16)4(15)2(1-14)19-8/h2,4-5,8,14-16H,1H2,(H2,9,11)/t2-,4-,5-,8-/m1/s1. The number of fused-ring (bicyclic) bond motifs is 1. The van der Waals surface area contributed by atoms with Gasteiger partial charge < -0.3 is 25.8 Å². The number of amidine groups is 2. The molecule has 0 aromatic heterocycles. The van der Waals surface area contributed by atoms with Crippen molar-refractivity contribution in [3.63, 3.8) is 0 Å². The van der Waals surface area contributed by atoms with E-state index in [-0.39, 0.29) is 11.5 Å². The van der Waals surface area contributed by atoms with Gasteiger partial charge in [0.1, 0.15) is 18.3 Å². The molecule has 0 spiro atoms. The lowest BCUT2D eigenvalue weighted by atomic mass is 10.1. The van der Waals surface area contributed by atoms with Crippen molar-refractivity contribution in [2.24, 2.45) is 19.7 Å². The number of nitrogens with zero attached hydrogens (tertiary/aromatic N) is 4.